The summed E-state index contributed by atoms with van der Waals surface area (Å²) >= 11 is 0. The van der Waals surface area contributed by atoms with Crippen molar-refractivity contribution >= 4 is 11.5 Å². The molecule has 0 bridgehead atoms. The van der Waals surface area contributed by atoms with E-state index >= 15 is 0 Å². The molecule has 28 heavy (non-hydrogen) atoms. The lowest BCUT2D eigenvalue weighted by molar-refractivity contribution is 0.0837. The molecule has 140 valence electrons. The third-order valence-corrected chi connectivity index (χ3v) is 6.46. The average molecular weight is 367 g/mol. The first-order valence-electron chi connectivity index (χ1n) is 10.2. The lowest BCUT2D eigenvalue weighted by Crippen LogP contribution is -2.74. The van der Waals surface area contributed by atoms with E-state index in [0.717, 1.165) is 5.69 Å². The van der Waals surface area contributed by atoms with E-state index < -0.39 is 0 Å². The number of aliphatic imine (C=N–C) groups is 1. The minimum absolute atomic E-state index is 0.210. The minimum atomic E-state index is -0.210. The number of amidine groups is 1. The Hall–Kier alpha value is -2.87. The maximum absolute atomic E-state index is 5.25. The van der Waals surface area contributed by atoms with Crippen LogP contribution in [0.4, 0.5) is 5.69 Å². The molecule has 0 N–H and O–H groups in total. The second kappa shape index (κ2) is 6.34. The summed E-state index contributed by atoms with van der Waals surface area (Å²) in [6.07, 6.45) is 0. The van der Waals surface area contributed by atoms with Crippen LogP contribution < -0.4 is 0 Å². The van der Waals surface area contributed by atoms with Crippen LogP contribution in [0.2, 0.25) is 0 Å². The molecule has 0 amide bonds. The molecular formula is C26H26N2. The summed E-state index contributed by atoms with van der Waals surface area (Å²) < 4.78 is 0. The van der Waals surface area contributed by atoms with Gasteiger partial charge in [0.25, 0.3) is 0 Å². The topological polar surface area (TPSA) is 15.6 Å². The van der Waals surface area contributed by atoms with Gasteiger partial charge in [-0.2, -0.15) is 0 Å². The summed E-state index contributed by atoms with van der Waals surface area (Å²) in [5.41, 5.74) is 4.90. The van der Waals surface area contributed by atoms with Gasteiger partial charge in [-0.15, -0.1) is 0 Å². The Balaban J connectivity index is 1.82. The van der Waals surface area contributed by atoms with Crippen LogP contribution in [0.5, 0.6) is 0 Å². The lowest BCUT2D eigenvalue weighted by Gasteiger charge is -2.64. The second-order valence-corrected chi connectivity index (χ2v) is 8.31. The van der Waals surface area contributed by atoms with Gasteiger partial charge in [0, 0.05) is 5.56 Å². The predicted molar refractivity (Wildman–Crippen MR) is 116 cm³/mol. The van der Waals surface area contributed by atoms with E-state index in [4.69, 9.17) is 4.99 Å². The molecule has 1 saturated heterocycles. The van der Waals surface area contributed by atoms with Crippen LogP contribution in [0, 0.1) is 5.92 Å². The Kier molecular flexibility index (Phi) is 3.90. The van der Waals surface area contributed by atoms with E-state index in [0.29, 0.717) is 18.0 Å². The van der Waals surface area contributed by atoms with Gasteiger partial charge >= 0.3 is 0 Å². The lowest BCUT2D eigenvalue weighted by atomic mass is 9.57. The molecule has 2 atom stereocenters. The number of hydrogen-bond donors (Lipinski definition) is 0. The molecule has 2 aliphatic heterocycles. The van der Waals surface area contributed by atoms with Crippen LogP contribution in [-0.4, -0.2) is 16.8 Å². The fourth-order valence-electron chi connectivity index (χ4n) is 5.38. The van der Waals surface area contributed by atoms with Gasteiger partial charge in [-0.25, -0.2) is 4.99 Å². The number of rotatable bonds is 3. The van der Waals surface area contributed by atoms with Crippen molar-refractivity contribution in [1.29, 1.82) is 0 Å². The summed E-state index contributed by atoms with van der Waals surface area (Å²) in [6.45, 7) is 7.01. The summed E-state index contributed by atoms with van der Waals surface area (Å²) in [4.78, 5) is 7.81. The van der Waals surface area contributed by atoms with Gasteiger partial charge in [0.05, 0.1) is 23.2 Å². The molecule has 0 unspecified atom stereocenters. The Morgan fingerprint density at radius 3 is 1.89 bits per heavy atom. The van der Waals surface area contributed by atoms with Gasteiger partial charge < -0.3 is 4.90 Å². The Labute approximate surface area is 167 Å². The van der Waals surface area contributed by atoms with Crippen LogP contribution in [0.25, 0.3) is 0 Å². The maximum atomic E-state index is 5.25. The monoisotopic (exact) mass is 366 g/mol. The number of benzene rings is 3. The molecule has 1 fully saturated rings. The zero-order valence-electron chi connectivity index (χ0n) is 16.7. The highest BCUT2D eigenvalue weighted by Gasteiger charge is 2.63. The van der Waals surface area contributed by atoms with E-state index in [2.05, 4.69) is 111 Å². The Morgan fingerprint density at radius 2 is 1.32 bits per heavy atom. The van der Waals surface area contributed by atoms with Crippen molar-refractivity contribution in [3.8, 4) is 0 Å². The van der Waals surface area contributed by atoms with Gasteiger partial charge in [-0.05, 0) is 30.0 Å². The van der Waals surface area contributed by atoms with Gasteiger partial charge in [0.2, 0.25) is 0 Å². The van der Waals surface area contributed by atoms with Gasteiger partial charge in [0.1, 0.15) is 5.84 Å². The van der Waals surface area contributed by atoms with E-state index in [1.807, 2.05) is 0 Å². The summed E-state index contributed by atoms with van der Waals surface area (Å²) in [5.74, 6) is 1.68. The van der Waals surface area contributed by atoms with Crippen molar-refractivity contribution in [1.82, 2.24) is 4.90 Å². The average Bonchev–Trinajstić information content (AvgIpc) is 2.72. The summed E-state index contributed by atoms with van der Waals surface area (Å²) in [5, 5.41) is 0. The molecule has 3 aromatic rings. The molecule has 2 heterocycles. The van der Waals surface area contributed by atoms with Crippen molar-refractivity contribution in [2.24, 2.45) is 10.9 Å². The van der Waals surface area contributed by atoms with Crippen molar-refractivity contribution in [2.75, 3.05) is 0 Å². The van der Waals surface area contributed by atoms with Crippen LogP contribution in [0.15, 0.2) is 89.9 Å². The highest BCUT2D eigenvalue weighted by atomic mass is 15.3. The number of fused-ring (bicyclic) bond motifs is 2. The Morgan fingerprint density at radius 1 is 0.786 bits per heavy atom. The van der Waals surface area contributed by atoms with Crippen LogP contribution in [0.3, 0.4) is 0 Å². The predicted octanol–water partition coefficient (Wildman–Crippen LogP) is 6.12. The molecule has 2 aliphatic rings. The van der Waals surface area contributed by atoms with Gasteiger partial charge in [-0.3, -0.25) is 0 Å². The fourth-order valence-corrected chi connectivity index (χ4v) is 5.38. The second-order valence-electron chi connectivity index (χ2n) is 8.31. The summed E-state index contributed by atoms with van der Waals surface area (Å²) in [7, 11) is 0. The zero-order chi connectivity index (χ0) is 19.3. The van der Waals surface area contributed by atoms with E-state index in [1.54, 1.807) is 0 Å². The number of para-hydroxylation sites is 1. The van der Waals surface area contributed by atoms with E-state index in [9.17, 15) is 0 Å². The van der Waals surface area contributed by atoms with Crippen LogP contribution in [-0.2, 0) is 5.41 Å². The molecule has 2 nitrogen and oxygen atoms in total. The minimum Gasteiger partial charge on any atom is -0.347 e. The van der Waals surface area contributed by atoms with Gasteiger partial charge in [-0.1, -0.05) is 92.7 Å². The SMILES string of the molecule is CC(C)[C@H]1N2C(=Nc3ccccc3[C@H]2C)C1(c1ccccc1)c1ccccc1. The molecule has 3 aromatic carbocycles. The molecule has 0 aromatic heterocycles. The third-order valence-electron chi connectivity index (χ3n) is 6.46. The van der Waals surface area contributed by atoms with Crippen molar-refractivity contribution < 1.29 is 0 Å². The highest BCUT2D eigenvalue weighted by Crippen LogP contribution is 2.56. The summed E-state index contributed by atoms with van der Waals surface area (Å²) in [6, 6.07) is 31.2. The normalized spacial score (nSPS) is 22.1. The van der Waals surface area contributed by atoms with Crippen LogP contribution >= 0.6 is 0 Å². The zero-order valence-corrected chi connectivity index (χ0v) is 16.7. The maximum Gasteiger partial charge on any atom is 0.123 e. The molecule has 0 saturated carbocycles. The molecule has 5 rings (SSSR count). The largest absolute Gasteiger partial charge is 0.347 e. The highest BCUT2D eigenvalue weighted by molar-refractivity contribution is 6.06. The quantitative estimate of drug-likeness (QED) is 0.545. The Bertz CT molecular complexity index is 981. The first-order chi connectivity index (χ1) is 13.7. The van der Waals surface area contributed by atoms with E-state index in [1.165, 1.54) is 22.5 Å². The first-order valence-corrected chi connectivity index (χ1v) is 10.2. The molecule has 2 heteroatoms. The van der Waals surface area contributed by atoms with E-state index in [-0.39, 0.29) is 5.41 Å². The number of hydrogen-bond acceptors (Lipinski definition) is 2. The third kappa shape index (κ3) is 2.18. The number of nitrogens with zero attached hydrogens (tertiary/aromatic N) is 2. The van der Waals surface area contributed by atoms with Crippen molar-refractivity contribution in [2.45, 2.75) is 38.3 Å². The molecule has 0 radical (unpaired) electrons. The molecule has 0 aliphatic carbocycles. The van der Waals surface area contributed by atoms with Crippen LogP contribution in [0.1, 0.15) is 43.5 Å². The van der Waals surface area contributed by atoms with Gasteiger partial charge in [0.15, 0.2) is 0 Å². The molecule has 0 spiro atoms. The molecular weight excluding hydrogens is 340 g/mol. The smallest absolute Gasteiger partial charge is 0.123 e. The fraction of sp³-hybridized carbons (Fsp3) is 0.269. The standard InChI is InChI=1S/C26H26N2/c1-18(2)24-26(20-12-6-4-7-13-20,21-14-8-5-9-15-21)25-27-23-17-11-10-16-22(23)19(3)28(24)25/h4-19,24H,1-3H3/t19-,24-/m1/s1. The first kappa shape index (κ1) is 17.2. The van der Waals surface area contributed by atoms with Crippen molar-refractivity contribution in [3.63, 3.8) is 0 Å². The van der Waals surface area contributed by atoms with Crippen molar-refractivity contribution in [3.05, 3.63) is 102 Å².